The van der Waals surface area contributed by atoms with E-state index in [0.717, 1.165) is 49.7 Å². The minimum atomic E-state index is -0.914. The first-order valence-corrected chi connectivity index (χ1v) is 10.1. The Hall–Kier alpha value is -1.26. The van der Waals surface area contributed by atoms with Crippen LogP contribution in [0.5, 0.6) is 0 Å². The predicted octanol–water partition coefficient (Wildman–Crippen LogP) is 3.12. The van der Waals surface area contributed by atoms with Crippen molar-refractivity contribution in [1.82, 2.24) is 0 Å². The Labute approximate surface area is 155 Å². The fourth-order valence-corrected chi connectivity index (χ4v) is 6.74. The van der Waals surface area contributed by atoms with Gasteiger partial charge >= 0.3 is 0 Å². The summed E-state index contributed by atoms with van der Waals surface area (Å²) >= 11 is 0. The van der Waals surface area contributed by atoms with Gasteiger partial charge in [0.05, 0.1) is 6.10 Å². The number of Topliss-reactive ketones (excluding diaryl/α,β-unsaturated/α-hetero) is 1. The number of carbonyl (C=O) groups excluding carboxylic acids is 2. The minimum Gasteiger partial charge on any atom is -0.388 e. The van der Waals surface area contributed by atoms with E-state index in [-0.39, 0.29) is 23.4 Å². The molecule has 0 spiro atoms. The first kappa shape index (κ1) is 18.1. The van der Waals surface area contributed by atoms with E-state index in [2.05, 4.69) is 13.8 Å². The van der Waals surface area contributed by atoms with Crippen molar-refractivity contribution in [3.05, 3.63) is 22.8 Å². The molecule has 0 amide bonds. The molecule has 0 radical (unpaired) electrons. The van der Waals surface area contributed by atoms with Crippen LogP contribution in [-0.4, -0.2) is 34.0 Å². The van der Waals surface area contributed by atoms with Crippen LogP contribution in [-0.2, 0) is 9.59 Å². The minimum absolute atomic E-state index is 0.0155. The highest BCUT2D eigenvalue weighted by molar-refractivity contribution is 5.94. The van der Waals surface area contributed by atoms with Gasteiger partial charge < -0.3 is 10.2 Å². The average molecular weight is 358 g/mol. The third-order valence-electron chi connectivity index (χ3n) is 8.28. The number of aliphatic hydroxyl groups excluding tert-OH is 2. The summed E-state index contributed by atoms with van der Waals surface area (Å²) < 4.78 is 0. The lowest BCUT2D eigenvalue weighted by Gasteiger charge is -2.52. The van der Waals surface area contributed by atoms with Gasteiger partial charge in [0.1, 0.15) is 6.10 Å². The van der Waals surface area contributed by atoms with Crippen molar-refractivity contribution in [2.45, 2.75) is 77.9 Å². The van der Waals surface area contributed by atoms with E-state index in [9.17, 15) is 19.8 Å². The summed E-state index contributed by atoms with van der Waals surface area (Å²) in [5.41, 5.74) is 2.85. The van der Waals surface area contributed by atoms with Gasteiger partial charge in [-0.3, -0.25) is 9.59 Å². The smallest absolute Gasteiger partial charge is 0.167 e. The molecule has 0 saturated heterocycles. The van der Waals surface area contributed by atoms with E-state index in [0.29, 0.717) is 11.8 Å². The van der Waals surface area contributed by atoms with Crippen molar-refractivity contribution in [2.75, 3.05) is 0 Å². The Morgan fingerprint density at radius 3 is 2.65 bits per heavy atom. The number of ketones is 2. The van der Waals surface area contributed by atoms with Gasteiger partial charge in [0.25, 0.3) is 0 Å². The highest BCUT2D eigenvalue weighted by Gasteiger charge is 2.62. The molecule has 0 heterocycles. The number of allylic oxidation sites excluding steroid dienone is 2. The van der Waals surface area contributed by atoms with E-state index in [4.69, 9.17) is 0 Å². The molecule has 4 heteroatoms. The molecule has 2 N–H and O–H groups in total. The number of hydrogen-bond acceptors (Lipinski definition) is 4. The second-order valence-corrected chi connectivity index (χ2v) is 9.37. The number of fused-ring (bicyclic) bond motifs is 4. The van der Waals surface area contributed by atoms with Crippen LogP contribution in [0.4, 0.5) is 0 Å². The normalized spacial score (nSPS) is 43.3. The zero-order valence-corrected chi connectivity index (χ0v) is 16.0. The SMILES string of the molecule is C[C@H](O)C(=O)[C@@]1(C)CC[C@H]2[C@@H]3CCC4=CC(=O)CC(O)C4=C3CC[C@@]21C. The molecule has 0 aromatic rings. The van der Waals surface area contributed by atoms with Crippen LogP contribution < -0.4 is 0 Å². The molecule has 6 atom stereocenters. The molecule has 2 fully saturated rings. The maximum atomic E-state index is 12.9. The molecule has 0 aromatic carbocycles. The van der Waals surface area contributed by atoms with Gasteiger partial charge in [0.15, 0.2) is 11.6 Å². The van der Waals surface area contributed by atoms with Crippen LogP contribution in [0.2, 0.25) is 0 Å². The molecule has 4 aliphatic carbocycles. The van der Waals surface area contributed by atoms with Crippen LogP contribution >= 0.6 is 0 Å². The topological polar surface area (TPSA) is 74.6 Å². The number of rotatable bonds is 2. The Bertz CT molecular complexity index is 730. The lowest BCUT2D eigenvalue weighted by molar-refractivity contribution is -0.144. The van der Waals surface area contributed by atoms with Gasteiger partial charge in [-0.25, -0.2) is 0 Å². The average Bonchev–Trinajstić information content (AvgIpc) is 2.86. The first-order valence-electron chi connectivity index (χ1n) is 10.1. The van der Waals surface area contributed by atoms with Crippen LogP contribution in [0.1, 0.15) is 65.7 Å². The Morgan fingerprint density at radius 2 is 1.96 bits per heavy atom. The van der Waals surface area contributed by atoms with Crippen LogP contribution in [0.3, 0.4) is 0 Å². The standard InChI is InChI=1S/C22H30O4/c1-12(23)20(26)22(3)9-7-17-15-5-4-13-10-14(24)11-18(25)19(13)16(15)6-8-21(17,22)2/h10,12,15,17-18,23,25H,4-9,11H2,1-3H3/t12-,15+,17-,18?,21-,22+/m0/s1. The van der Waals surface area contributed by atoms with E-state index in [1.807, 2.05) is 0 Å². The van der Waals surface area contributed by atoms with Crippen molar-refractivity contribution in [3.8, 4) is 0 Å². The highest BCUT2D eigenvalue weighted by atomic mass is 16.3. The summed E-state index contributed by atoms with van der Waals surface area (Å²) in [5.74, 6) is 0.829. The summed E-state index contributed by atoms with van der Waals surface area (Å²) in [6.45, 7) is 5.90. The van der Waals surface area contributed by atoms with E-state index < -0.39 is 17.6 Å². The Balaban J connectivity index is 1.74. The Morgan fingerprint density at radius 1 is 1.23 bits per heavy atom. The van der Waals surface area contributed by atoms with Crippen LogP contribution in [0.25, 0.3) is 0 Å². The van der Waals surface area contributed by atoms with Crippen molar-refractivity contribution in [3.63, 3.8) is 0 Å². The molecule has 0 aromatic heterocycles. The van der Waals surface area contributed by atoms with E-state index in [1.165, 1.54) is 5.57 Å². The molecular weight excluding hydrogens is 328 g/mol. The summed E-state index contributed by atoms with van der Waals surface area (Å²) in [6, 6.07) is 0. The first-order chi connectivity index (χ1) is 12.2. The highest BCUT2D eigenvalue weighted by Crippen LogP contribution is 2.67. The lowest BCUT2D eigenvalue weighted by atomic mass is 9.51. The third-order valence-corrected chi connectivity index (χ3v) is 8.28. The molecule has 26 heavy (non-hydrogen) atoms. The van der Waals surface area contributed by atoms with Gasteiger partial charge in [-0.15, -0.1) is 0 Å². The van der Waals surface area contributed by atoms with Crippen LogP contribution in [0, 0.1) is 22.7 Å². The lowest BCUT2D eigenvalue weighted by Crippen LogP contribution is -2.50. The maximum absolute atomic E-state index is 12.9. The van der Waals surface area contributed by atoms with Crippen molar-refractivity contribution in [2.24, 2.45) is 22.7 Å². The maximum Gasteiger partial charge on any atom is 0.167 e. The summed E-state index contributed by atoms with van der Waals surface area (Å²) in [5, 5.41) is 20.5. The van der Waals surface area contributed by atoms with E-state index >= 15 is 0 Å². The predicted molar refractivity (Wildman–Crippen MR) is 98.3 cm³/mol. The van der Waals surface area contributed by atoms with Crippen molar-refractivity contribution >= 4 is 11.6 Å². The molecule has 2 saturated carbocycles. The molecular formula is C22H30O4. The summed E-state index contributed by atoms with van der Waals surface area (Å²) in [4.78, 5) is 24.7. The van der Waals surface area contributed by atoms with Crippen LogP contribution in [0.15, 0.2) is 22.8 Å². The molecule has 4 rings (SSSR count). The Kier molecular flexibility index (Phi) is 4.09. The number of hydrogen-bond donors (Lipinski definition) is 2. The summed E-state index contributed by atoms with van der Waals surface area (Å²) in [7, 11) is 0. The second kappa shape index (κ2) is 5.87. The number of carbonyl (C=O) groups is 2. The van der Waals surface area contributed by atoms with Gasteiger partial charge in [-0.2, -0.15) is 0 Å². The second-order valence-electron chi connectivity index (χ2n) is 9.37. The molecule has 4 aliphatic rings. The third kappa shape index (κ3) is 2.27. The monoisotopic (exact) mass is 358 g/mol. The molecule has 0 bridgehead atoms. The molecule has 0 aliphatic heterocycles. The summed E-state index contributed by atoms with van der Waals surface area (Å²) in [6.07, 6.45) is 5.86. The zero-order chi connectivity index (χ0) is 18.9. The molecule has 1 unspecified atom stereocenters. The van der Waals surface area contributed by atoms with E-state index in [1.54, 1.807) is 13.0 Å². The fourth-order valence-electron chi connectivity index (χ4n) is 6.74. The molecule has 142 valence electrons. The van der Waals surface area contributed by atoms with Crippen molar-refractivity contribution in [1.29, 1.82) is 0 Å². The quantitative estimate of drug-likeness (QED) is 0.795. The van der Waals surface area contributed by atoms with Crippen molar-refractivity contribution < 1.29 is 19.8 Å². The van der Waals surface area contributed by atoms with Gasteiger partial charge in [0, 0.05) is 11.8 Å². The fraction of sp³-hybridized carbons (Fsp3) is 0.727. The molecule has 4 nitrogen and oxygen atoms in total. The van der Waals surface area contributed by atoms with Gasteiger partial charge in [-0.05, 0) is 79.9 Å². The van der Waals surface area contributed by atoms with Gasteiger partial charge in [-0.1, -0.05) is 19.4 Å². The largest absolute Gasteiger partial charge is 0.388 e. The number of aliphatic hydroxyl groups is 2. The zero-order valence-electron chi connectivity index (χ0n) is 16.0. The van der Waals surface area contributed by atoms with Gasteiger partial charge in [0.2, 0.25) is 0 Å².